The van der Waals surface area contributed by atoms with Crippen LogP contribution < -0.4 is 5.73 Å². The van der Waals surface area contributed by atoms with Crippen LogP contribution in [0.5, 0.6) is 0 Å². The van der Waals surface area contributed by atoms with Crippen molar-refractivity contribution in [3.05, 3.63) is 35.1 Å². The molecule has 12 heavy (non-hydrogen) atoms. The fraction of sp³-hybridized carbons (Fsp3) is 0.400. The van der Waals surface area contributed by atoms with Gasteiger partial charge < -0.3 is 5.73 Å². The molecule has 0 heterocycles. The Hall–Kier alpha value is -0.890. The van der Waals surface area contributed by atoms with Crippen molar-refractivity contribution in [2.45, 2.75) is 25.3 Å². The van der Waals surface area contributed by atoms with E-state index >= 15 is 0 Å². The van der Waals surface area contributed by atoms with Gasteiger partial charge in [-0.1, -0.05) is 12.1 Å². The molecule has 1 saturated carbocycles. The van der Waals surface area contributed by atoms with Crippen LogP contribution in [0.2, 0.25) is 0 Å². The van der Waals surface area contributed by atoms with Crippen molar-refractivity contribution in [3.63, 3.8) is 0 Å². The fourth-order valence-corrected chi connectivity index (χ4v) is 1.50. The van der Waals surface area contributed by atoms with Crippen LogP contribution in [0.1, 0.15) is 23.5 Å². The van der Waals surface area contributed by atoms with E-state index < -0.39 is 0 Å². The first-order valence-corrected chi connectivity index (χ1v) is 4.20. The van der Waals surface area contributed by atoms with Crippen LogP contribution in [0.15, 0.2) is 18.2 Å². The molecule has 1 nitrogen and oxygen atoms in total. The van der Waals surface area contributed by atoms with Crippen molar-refractivity contribution in [3.8, 4) is 0 Å². The number of hydrogen-bond acceptors (Lipinski definition) is 1. The van der Waals surface area contributed by atoms with Gasteiger partial charge in [-0.25, -0.2) is 4.39 Å². The van der Waals surface area contributed by atoms with Gasteiger partial charge in [-0.05, 0) is 30.5 Å². The molecule has 0 radical (unpaired) electrons. The lowest BCUT2D eigenvalue weighted by atomic mass is 10.1. The van der Waals surface area contributed by atoms with Crippen LogP contribution in [-0.4, -0.2) is 6.04 Å². The Labute approximate surface area is 71.4 Å². The molecule has 2 unspecified atom stereocenters. The van der Waals surface area contributed by atoms with E-state index in [9.17, 15) is 4.39 Å². The van der Waals surface area contributed by atoms with E-state index in [0.717, 1.165) is 6.42 Å². The third-order valence-electron chi connectivity index (χ3n) is 2.45. The molecule has 1 aromatic rings. The molecule has 0 amide bonds. The van der Waals surface area contributed by atoms with Crippen molar-refractivity contribution in [1.82, 2.24) is 0 Å². The molecule has 2 atom stereocenters. The van der Waals surface area contributed by atoms with Gasteiger partial charge in [0.2, 0.25) is 0 Å². The summed E-state index contributed by atoms with van der Waals surface area (Å²) in [5.74, 6) is 0.345. The third kappa shape index (κ3) is 1.23. The smallest absolute Gasteiger partial charge is 0.126 e. The van der Waals surface area contributed by atoms with Crippen molar-refractivity contribution in [2.24, 2.45) is 5.73 Å². The van der Waals surface area contributed by atoms with Crippen LogP contribution in [0.3, 0.4) is 0 Å². The first kappa shape index (κ1) is 7.74. The average molecular weight is 165 g/mol. The molecule has 1 aliphatic carbocycles. The van der Waals surface area contributed by atoms with Gasteiger partial charge in [0.25, 0.3) is 0 Å². The molecule has 2 heteroatoms. The van der Waals surface area contributed by atoms with Crippen molar-refractivity contribution in [2.75, 3.05) is 0 Å². The standard InChI is InChI=1S/C10H12FN/c1-6-4-7(2-3-9(6)11)8-5-10(8)12/h2-4,8,10H,5,12H2,1H3. The highest BCUT2D eigenvalue weighted by Crippen LogP contribution is 2.39. The van der Waals surface area contributed by atoms with Crippen molar-refractivity contribution in [1.29, 1.82) is 0 Å². The minimum absolute atomic E-state index is 0.132. The summed E-state index contributed by atoms with van der Waals surface area (Å²) >= 11 is 0. The van der Waals surface area contributed by atoms with Crippen molar-refractivity contribution >= 4 is 0 Å². The zero-order chi connectivity index (χ0) is 8.72. The predicted molar refractivity (Wildman–Crippen MR) is 46.5 cm³/mol. The second-order valence-corrected chi connectivity index (χ2v) is 3.51. The zero-order valence-corrected chi connectivity index (χ0v) is 7.05. The second kappa shape index (κ2) is 2.56. The highest BCUT2D eigenvalue weighted by Gasteiger charge is 2.34. The molecule has 0 bridgehead atoms. The predicted octanol–water partition coefficient (Wildman–Crippen LogP) is 1.95. The molecule has 2 rings (SSSR count). The lowest BCUT2D eigenvalue weighted by molar-refractivity contribution is 0.617. The maximum absolute atomic E-state index is 12.8. The van der Waals surface area contributed by atoms with Gasteiger partial charge in [-0.15, -0.1) is 0 Å². The first-order valence-electron chi connectivity index (χ1n) is 4.20. The quantitative estimate of drug-likeness (QED) is 0.676. The lowest BCUT2D eigenvalue weighted by Gasteiger charge is -2.00. The van der Waals surface area contributed by atoms with Crippen LogP contribution in [0.25, 0.3) is 0 Å². The number of hydrogen-bond donors (Lipinski definition) is 1. The van der Waals surface area contributed by atoms with E-state index in [2.05, 4.69) is 0 Å². The Morgan fingerprint density at radius 2 is 2.17 bits per heavy atom. The molecule has 0 aromatic heterocycles. The molecule has 2 N–H and O–H groups in total. The van der Waals surface area contributed by atoms with Gasteiger partial charge in [0.1, 0.15) is 5.82 Å². The second-order valence-electron chi connectivity index (χ2n) is 3.51. The van der Waals surface area contributed by atoms with Gasteiger partial charge in [0.05, 0.1) is 0 Å². The molecule has 1 aliphatic rings. The van der Waals surface area contributed by atoms with Gasteiger partial charge in [0.15, 0.2) is 0 Å². The minimum Gasteiger partial charge on any atom is -0.327 e. The van der Waals surface area contributed by atoms with E-state index in [1.807, 2.05) is 12.1 Å². The van der Waals surface area contributed by atoms with E-state index in [-0.39, 0.29) is 5.82 Å². The molecule has 0 saturated heterocycles. The Balaban J connectivity index is 2.29. The van der Waals surface area contributed by atoms with E-state index in [1.54, 1.807) is 6.92 Å². The Morgan fingerprint density at radius 1 is 1.50 bits per heavy atom. The summed E-state index contributed by atoms with van der Waals surface area (Å²) in [5, 5.41) is 0. The summed E-state index contributed by atoms with van der Waals surface area (Å²) in [7, 11) is 0. The summed E-state index contributed by atoms with van der Waals surface area (Å²) in [5.41, 5.74) is 7.59. The first-order chi connectivity index (χ1) is 5.68. The molecule has 0 spiro atoms. The zero-order valence-electron chi connectivity index (χ0n) is 7.05. The number of aryl methyl sites for hydroxylation is 1. The molecule has 0 aliphatic heterocycles. The minimum atomic E-state index is -0.132. The normalized spacial score (nSPS) is 27.2. The van der Waals surface area contributed by atoms with Gasteiger partial charge in [-0.2, -0.15) is 0 Å². The molecular weight excluding hydrogens is 153 g/mol. The summed E-state index contributed by atoms with van der Waals surface area (Å²) in [4.78, 5) is 0. The summed E-state index contributed by atoms with van der Waals surface area (Å²) < 4.78 is 12.8. The number of rotatable bonds is 1. The topological polar surface area (TPSA) is 26.0 Å². The number of nitrogens with two attached hydrogens (primary N) is 1. The van der Waals surface area contributed by atoms with Crippen LogP contribution in [0, 0.1) is 12.7 Å². The Morgan fingerprint density at radius 3 is 2.67 bits per heavy atom. The molecular formula is C10H12FN. The summed E-state index contributed by atoms with van der Waals surface area (Å²) in [6.07, 6.45) is 1.05. The van der Waals surface area contributed by atoms with Crippen LogP contribution in [0.4, 0.5) is 4.39 Å². The summed E-state index contributed by atoms with van der Waals surface area (Å²) in [6, 6.07) is 5.55. The van der Waals surface area contributed by atoms with Crippen molar-refractivity contribution < 1.29 is 4.39 Å². The molecule has 1 aromatic carbocycles. The van der Waals surface area contributed by atoms with Crippen LogP contribution in [-0.2, 0) is 0 Å². The number of halogens is 1. The SMILES string of the molecule is Cc1cc(C2CC2N)ccc1F. The van der Waals surface area contributed by atoms with E-state index in [0.29, 0.717) is 17.5 Å². The lowest BCUT2D eigenvalue weighted by Crippen LogP contribution is -2.01. The summed E-state index contributed by atoms with van der Waals surface area (Å²) in [6.45, 7) is 1.78. The van der Waals surface area contributed by atoms with Gasteiger partial charge in [0, 0.05) is 12.0 Å². The van der Waals surface area contributed by atoms with Gasteiger partial charge >= 0.3 is 0 Å². The average Bonchev–Trinajstić information content (AvgIpc) is 2.73. The molecule has 64 valence electrons. The van der Waals surface area contributed by atoms with Crippen LogP contribution >= 0.6 is 0 Å². The third-order valence-corrected chi connectivity index (χ3v) is 2.45. The fourth-order valence-electron chi connectivity index (χ4n) is 1.50. The highest BCUT2D eigenvalue weighted by atomic mass is 19.1. The largest absolute Gasteiger partial charge is 0.327 e. The Kier molecular flexibility index (Phi) is 1.65. The van der Waals surface area contributed by atoms with E-state index in [1.165, 1.54) is 11.6 Å². The number of benzene rings is 1. The maximum Gasteiger partial charge on any atom is 0.126 e. The highest BCUT2D eigenvalue weighted by molar-refractivity contribution is 5.31. The monoisotopic (exact) mass is 165 g/mol. The van der Waals surface area contributed by atoms with Gasteiger partial charge in [-0.3, -0.25) is 0 Å². The Bertz CT molecular complexity index is 309. The molecule has 1 fully saturated rings. The maximum atomic E-state index is 12.8. The van der Waals surface area contributed by atoms with E-state index in [4.69, 9.17) is 5.73 Å².